The Bertz CT molecular complexity index is 295. The predicted molar refractivity (Wildman–Crippen MR) is 58.1 cm³/mol. The molecule has 6 heteroatoms. The van der Waals surface area contributed by atoms with E-state index in [1.807, 2.05) is 6.92 Å². The minimum Gasteiger partial charge on any atom is -0.137 e. The van der Waals surface area contributed by atoms with E-state index >= 15 is 0 Å². The van der Waals surface area contributed by atoms with Crippen molar-refractivity contribution in [3.8, 4) is 0 Å². The average Bonchev–Trinajstić information content (AvgIpc) is 2.11. The molecule has 1 aromatic heterocycles. The fourth-order valence-electron chi connectivity index (χ4n) is 0.668. The van der Waals surface area contributed by atoms with Crippen molar-refractivity contribution in [3.63, 3.8) is 0 Å². The Morgan fingerprint density at radius 3 is 2.77 bits per heavy atom. The Hall–Kier alpha value is 0.300. The van der Waals surface area contributed by atoms with Gasteiger partial charge in [0.25, 0.3) is 0 Å². The van der Waals surface area contributed by atoms with E-state index in [4.69, 9.17) is 34.8 Å². The number of hydrogen-bond acceptors (Lipinski definition) is 3. The highest BCUT2D eigenvalue weighted by atomic mass is 35.5. The Morgan fingerprint density at radius 2 is 2.15 bits per heavy atom. The van der Waals surface area contributed by atoms with E-state index in [9.17, 15) is 0 Å². The molecule has 0 aliphatic rings. The van der Waals surface area contributed by atoms with E-state index < -0.39 is 0 Å². The molecule has 0 spiro atoms. The van der Waals surface area contributed by atoms with Gasteiger partial charge in [-0.2, -0.15) is 0 Å². The summed E-state index contributed by atoms with van der Waals surface area (Å²) in [5, 5.41) is 8.28. The zero-order valence-corrected chi connectivity index (χ0v) is 9.88. The molecule has 2 nitrogen and oxygen atoms in total. The predicted octanol–water partition coefficient (Wildman–Crippen LogP) is 3.50. The zero-order valence-electron chi connectivity index (χ0n) is 6.80. The average molecular weight is 258 g/mol. The summed E-state index contributed by atoms with van der Waals surface area (Å²) in [4.78, 5) is 0.815. The molecule has 0 fully saturated rings. The molecule has 0 saturated heterocycles. The van der Waals surface area contributed by atoms with Crippen LogP contribution < -0.4 is 0 Å². The van der Waals surface area contributed by atoms with Gasteiger partial charge in [0.05, 0.1) is 0 Å². The molecule has 0 bridgehead atoms. The fourth-order valence-corrected chi connectivity index (χ4v) is 2.11. The topological polar surface area (TPSA) is 25.8 Å². The van der Waals surface area contributed by atoms with Crippen LogP contribution in [0.1, 0.15) is 6.92 Å². The third kappa shape index (κ3) is 3.50. The standard InChI is InChI=1S/C7H7Cl3N2S/c1-4(3-8)13-5-2-6(9)11-12-7(5)10/h2,4H,3H2,1H3. The molecule has 0 saturated carbocycles. The van der Waals surface area contributed by atoms with Gasteiger partial charge in [0, 0.05) is 16.0 Å². The van der Waals surface area contributed by atoms with Crippen LogP contribution in [0.2, 0.25) is 10.3 Å². The number of rotatable bonds is 3. The van der Waals surface area contributed by atoms with Gasteiger partial charge >= 0.3 is 0 Å². The van der Waals surface area contributed by atoms with Gasteiger partial charge in [-0.05, 0) is 6.07 Å². The highest BCUT2D eigenvalue weighted by Gasteiger charge is 2.08. The number of thioether (sulfide) groups is 1. The minimum atomic E-state index is 0.277. The van der Waals surface area contributed by atoms with Crippen LogP contribution >= 0.6 is 46.6 Å². The maximum atomic E-state index is 5.80. The highest BCUT2D eigenvalue weighted by Crippen LogP contribution is 2.30. The van der Waals surface area contributed by atoms with Gasteiger partial charge in [0.15, 0.2) is 10.3 Å². The summed E-state index contributed by atoms with van der Waals surface area (Å²) in [6.45, 7) is 2.00. The van der Waals surface area contributed by atoms with Crippen LogP contribution in [0.25, 0.3) is 0 Å². The van der Waals surface area contributed by atoms with Gasteiger partial charge in [-0.15, -0.1) is 33.6 Å². The van der Waals surface area contributed by atoms with Crippen molar-refractivity contribution in [3.05, 3.63) is 16.4 Å². The summed E-state index contributed by atoms with van der Waals surface area (Å²) >= 11 is 18.7. The molecule has 0 N–H and O–H groups in total. The van der Waals surface area contributed by atoms with Crippen molar-refractivity contribution in [2.75, 3.05) is 5.88 Å². The van der Waals surface area contributed by atoms with Gasteiger partial charge in [-0.25, -0.2) is 0 Å². The maximum Gasteiger partial charge on any atom is 0.165 e. The normalized spacial score (nSPS) is 12.9. The summed E-state index contributed by atoms with van der Waals surface area (Å²) < 4.78 is 0. The molecule has 13 heavy (non-hydrogen) atoms. The molecule has 0 aliphatic heterocycles. The first kappa shape index (κ1) is 11.4. The van der Waals surface area contributed by atoms with Gasteiger partial charge < -0.3 is 0 Å². The fraction of sp³-hybridized carbons (Fsp3) is 0.429. The summed E-state index contributed by atoms with van der Waals surface area (Å²) in [5.41, 5.74) is 0. The maximum absolute atomic E-state index is 5.80. The molecule has 1 rings (SSSR count). The molecular weight excluding hydrogens is 251 g/mol. The van der Waals surface area contributed by atoms with Crippen LogP contribution in [-0.4, -0.2) is 21.3 Å². The number of halogens is 3. The highest BCUT2D eigenvalue weighted by molar-refractivity contribution is 8.00. The smallest absolute Gasteiger partial charge is 0.137 e. The molecule has 0 aromatic carbocycles. The molecular formula is C7H7Cl3N2S. The zero-order chi connectivity index (χ0) is 9.84. The molecule has 1 heterocycles. The number of nitrogens with zero attached hydrogens (tertiary/aromatic N) is 2. The molecule has 1 aromatic rings. The quantitative estimate of drug-likeness (QED) is 0.612. The second-order valence-electron chi connectivity index (χ2n) is 2.40. The van der Waals surface area contributed by atoms with E-state index in [0.29, 0.717) is 16.2 Å². The van der Waals surface area contributed by atoms with E-state index in [-0.39, 0.29) is 5.25 Å². The lowest BCUT2D eigenvalue weighted by molar-refractivity contribution is 0.994. The molecule has 72 valence electrons. The summed E-state index contributed by atoms with van der Waals surface area (Å²) in [6.07, 6.45) is 0. The Labute approximate surface area is 96.0 Å². The first-order valence-electron chi connectivity index (χ1n) is 3.55. The summed E-state index contributed by atoms with van der Waals surface area (Å²) in [5.74, 6) is 0.556. The second-order valence-corrected chi connectivity index (χ2v) is 4.94. The van der Waals surface area contributed by atoms with Crippen LogP contribution in [0.4, 0.5) is 0 Å². The van der Waals surface area contributed by atoms with Crippen LogP contribution in [0.3, 0.4) is 0 Å². The van der Waals surface area contributed by atoms with Gasteiger partial charge in [0.2, 0.25) is 0 Å². The second kappa shape index (κ2) is 5.25. The number of aromatic nitrogens is 2. The SMILES string of the molecule is CC(CCl)Sc1cc(Cl)nnc1Cl. The summed E-state index contributed by atoms with van der Waals surface area (Å²) in [7, 11) is 0. The molecule has 0 amide bonds. The van der Waals surface area contributed by atoms with Crippen molar-refractivity contribution in [1.29, 1.82) is 0 Å². The molecule has 1 unspecified atom stereocenters. The Morgan fingerprint density at radius 1 is 1.46 bits per heavy atom. The first-order chi connectivity index (χ1) is 6.13. The van der Waals surface area contributed by atoms with Crippen molar-refractivity contribution >= 4 is 46.6 Å². The largest absolute Gasteiger partial charge is 0.165 e. The van der Waals surface area contributed by atoms with Crippen LogP contribution in [0.15, 0.2) is 11.0 Å². The van der Waals surface area contributed by atoms with E-state index in [0.717, 1.165) is 4.90 Å². The van der Waals surface area contributed by atoms with Crippen LogP contribution in [-0.2, 0) is 0 Å². The van der Waals surface area contributed by atoms with Crippen LogP contribution in [0.5, 0.6) is 0 Å². The van der Waals surface area contributed by atoms with Crippen molar-refractivity contribution in [1.82, 2.24) is 10.2 Å². The lowest BCUT2D eigenvalue weighted by Gasteiger charge is -2.07. The molecule has 1 atom stereocenters. The molecule has 0 radical (unpaired) electrons. The third-order valence-corrected chi connectivity index (χ3v) is 3.59. The molecule has 0 aliphatic carbocycles. The van der Waals surface area contributed by atoms with Gasteiger partial charge in [0.1, 0.15) is 0 Å². The van der Waals surface area contributed by atoms with E-state index in [1.54, 1.807) is 6.07 Å². The Balaban J connectivity index is 2.81. The first-order valence-corrected chi connectivity index (χ1v) is 5.72. The lowest BCUT2D eigenvalue weighted by atomic mass is 10.6. The van der Waals surface area contributed by atoms with Crippen molar-refractivity contribution in [2.24, 2.45) is 0 Å². The lowest BCUT2D eigenvalue weighted by Crippen LogP contribution is -1.97. The number of hydrogen-bond donors (Lipinski definition) is 0. The Kier molecular flexibility index (Phi) is 4.59. The monoisotopic (exact) mass is 256 g/mol. The van der Waals surface area contributed by atoms with E-state index in [2.05, 4.69) is 10.2 Å². The van der Waals surface area contributed by atoms with Crippen molar-refractivity contribution < 1.29 is 0 Å². The van der Waals surface area contributed by atoms with Gasteiger partial charge in [-0.1, -0.05) is 30.1 Å². The number of alkyl halides is 1. The minimum absolute atomic E-state index is 0.277. The van der Waals surface area contributed by atoms with E-state index in [1.165, 1.54) is 11.8 Å². The third-order valence-electron chi connectivity index (χ3n) is 1.23. The van der Waals surface area contributed by atoms with Gasteiger partial charge in [-0.3, -0.25) is 0 Å². The summed E-state index contributed by atoms with van der Waals surface area (Å²) in [6, 6.07) is 1.69. The van der Waals surface area contributed by atoms with Crippen molar-refractivity contribution in [2.45, 2.75) is 17.1 Å². The van der Waals surface area contributed by atoms with Crippen LogP contribution in [0, 0.1) is 0 Å².